The highest BCUT2D eigenvalue weighted by atomic mass is 79.9. The largest absolute Gasteiger partial charge is 0.273 e. The van der Waals surface area contributed by atoms with Gasteiger partial charge in [-0.3, -0.25) is 19.5 Å². The van der Waals surface area contributed by atoms with Gasteiger partial charge in [-0.15, -0.1) is 10.2 Å². The number of carbonyl (C=O) groups excluding carboxylic acids is 1. The molecule has 0 atom stereocenters. The summed E-state index contributed by atoms with van der Waals surface area (Å²) in [4.78, 5) is 22.4. The summed E-state index contributed by atoms with van der Waals surface area (Å²) < 4.78 is 29.2. The number of nitro groups is 1. The van der Waals surface area contributed by atoms with Gasteiger partial charge in [0.1, 0.15) is 0 Å². The van der Waals surface area contributed by atoms with Crippen LogP contribution in [0.4, 0.5) is 5.69 Å². The van der Waals surface area contributed by atoms with Gasteiger partial charge in [-0.1, -0.05) is 42.1 Å². The number of nitrogens with one attached hydrogen (secondary N) is 1. The first-order valence-electron chi connectivity index (χ1n) is 10.8. The molecule has 1 amide bonds. The van der Waals surface area contributed by atoms with Crippen LogP contribution in [0.3, 0.4) is 0 Å². The van der Waals surface area contributed by atoms with Gasteiger partial charge in [0.05, 0.1) is 21.3 Å². The molecular formula is C23H18BrN5O5S2. The molecule has 3 aromatic carbocycles. The van der Waals surface area contributed by atoms with Crippen LogP contribution in [0, 0.1) is 10.1 Å². The first-order valence-corrected chi connectivity index (χ1v) is 14.1. The Morgan fingerprint density at radius 3 is 2.44 bits per heavy atom. The van der Waals surface area contributed by atoms with E-state index in [1.807, 2.05) is 29.0 Å². The fraction of sp³-hybridized carbons (Fsp3) is 0.174. The van der Waals surface area contributed by atoms with Crippen molar-refractivity contribution >= 4 is 60.1 Å². The van der Waals surface area contributed by atoms with Gasteiger partial charge in [0.25, 0.3) is 15.7 Å². The van der Waals surface area contributed by atoms with Gasteiger partial charge in [0, 0.05) is 17.5 Å². The number of rotatable bonds is 8. The zero-order chi connectivity index (χ0) is 25.4. The molecular weight excluding hydrogens is 570 g/mol. The number of halogens is 1. The average Bonchev–Trinajstić information content (AvgIpc) is 3.64. The minimum Gasteiger partial charge on any atom is -0.273 e. The lowest BCUT2D eigenvalue weighted by atomic mass is 9.99. The van der Waals surface area contributed by atoms with Crippen LogP contribution in [0.15, 0.2) is 75.4 Å². The average molecular weight is 588 g/mol. The highest BCUT2D eigenvalue weighted by Gasteiger charge is 2.27. The third-order valence-corrected chi connectivity index (χ3v) is 8.56. The summed E-state index contributed by atoms with van der Waals surface area (Å²) >= 11 is 4.47. The summed E-state index contributed by atoms with van der Waals surface area (Å²) in [6.07, 6.45) is 2.36. The molecule has 1 saturated carbocycles. The second-order valence-corrected chi connectivity index (χ2v) is 11.5. The molecule has 36 heavy (non-hydrogen) atoms. The number of benzene rings is 3. The van der Waals surface area contributed by atoms with E-state index in [1.165, 1.54) is 18.4 Å². The number of fused-ring (bicyclic) bond motifs is 1. The number of hydrogen-bond acceptors (Lipinski definition) is 8. The van der Waals surface area contributed by atoms with E-state index in [4.69, 9.17) is 0 Å². The van der Waals surface area contributed by atoms with Crippen molar-refractivity contribution in [1.29, 1.82) is 0 Å². The Bertz CT molecular complexity index is 1600. The lowest BCUT2D eigenvalue weighted by molar-refractivity contribution is -0.384. The molecule has 0 aliphatic heterocycles. The van der Waals surface area contributed by atoms with Crippen molar-refractivity contribution in [3.05, 3.63) is 81.1 Å². The zero-order valence-electron chi connectivity index (χ0n) is 18.5. The molecule has 0 unspecified atom stereocenters. The molecule has 1 heterocycles. The summed E-state index contributed by atoms with van der Waals surface area (Å²) in [6.45, 7) is 0. The molecule has 0 bridgehead atoms. The van der Waals surface area contributed by atoms with E-state index in [1.54, 1.807) is 4.57 Å². The second-order valence-electron chi connectivity index (χ2n) is 8.15. The standard InChI is InChI=1S/C23H18BrN5O5S2/c24-22-25-26-23(28(22)20-12-11-17(14-5-6-14)18-3-1-2-4-19(18)20)35-13-21(30)27-36(33,34)16-9-7-15(8-10-16)29(31)32/h1-4,7-12,14H,5-6,13H2,(H,27,30). The van der Waals surface area contributed by atoms with E-state index in [0.29, 0.717) is 15.8 Å². The third-order valence-electron chi connectivity index (χ3n) is 5.73. The van der Waals surface area contributed by atoms with Crippen molar-refractivity contribution in [2.45, 2.75) is 28.8 Å². The Morgan fingerprint density at radius 1 is 1.08 bits per heavy atom. The quantitative estimate of drug-likeness (QED) is 0.180. The molecule has 10 nitrogen and oxygen atoms in total. The summed E-state index contributed by atoms with van der Waals surface area (Å²) in [5.74, 6) is -0.434. The third kappa shape index (κ3) is 4.86. The number of amides is 1. The maximum atomic E-state index is 12.5. The smallest absolute Gasteiger partial charge is 0.269 e. The van der Waals surface area contributed by atoms with Crippen LogP contribution in [0.25, 0.3) is 16.5 Å². The normalized spacial score (nSPS) is 13.6. The number of thioether (sulfide) groups is 1. The van der Waals surface area contributed by atoms with Crippen LogP contribution in [-0.2, 0) is 14.8 Å². The van der Waals surface area contributed by atoms with Crippen molar-refractivity contribution in [3.8, 4) is 5.69 Å². The lowest BCUT2D eigenvalue weighted by Crippen LogP contribution is -2.32. The number of sulfonamides is 1. The predicted octanol–water partition coefficient (Wildman–Crippen LogP) is 4.57. The van der Waals surface area contributed by atoms with E-state index in [0.717, 1.165) is 52.5 Å². The molecule has 5 rings (SSSR count). The van der Waals surface area contributed by atoms with Crippen molar-refractivity contribution < 1.29 is 18.1 Å². The van der Waals surface area contributed by atoms with Crippen LogP contribution in [0.2, 0.25) is 0 Å². The fourth-order valence-corrected chi connectivity index (χ4v) is 6.29. The zero-order valence-corrected chi connectivity index (χ0v) is 21.7. The van der Waals surface area contributed by atoms with Crippen LogP contribution in [0.5, 0.6) is 0 Å². The summed E-state index contributed by atoms with van der Waals surface area (Å²) in [6, 6.07) is 16.5. The first kappa shape index (κ1) is 24.4. The SMILES string of the molecule is O=C(CSc1nnc(Br)n1-c1ccc(C2CC2)c2ccccc12)NS(=O)(=O)c1ccc([N+](=O)[O-])cc1. The minimum absolute atomic E-state index is 0.241. The first-order chi connectivity index (χ1) is 17.2. The van der Waals surface area contributed by atoms with Crippen LogP contribution < -0.4 is 4.72 Å². The Morgan fingerprint density at radius 2 is 1.78 bits per heavy atom. The second kappa shape index (κ2) is 9.64. The molecule has 1 aliphatic rings. The number of aromatic nitrogens is 3. The van der Waals surface area contributed by atoms with E-state index >= 15 is 0 Å². The lowest BCUT2D eigenvalue weighted by Gasteiger charge is -2.14. The molecule has 4 aromatic rings. The summed E-state index contributed by atoms with van der Waals surface area (Å²) in [7, 11) is -4.19. The Labute approximate surface area is 218 Å². The molecule has 184 valence electrons. The van der Waals surface area contributed by atoms with E-state index in [2.05, 4.69) is 38.3 Å². The maximum Gasteiger partial charge on any atom is 0.269 e. The fourth-order valence-electron chi connectivity index (χ4n) is 3.92. The molecule has 0 radical (unpaired) electrons. The van der Waals surface area contributed by atoms with Gasteiger partial charge in [-0.2, -0.15) is 0 Å². The van der Waals surface area contributed by atoms with Crippen LogP contribution >= 0.6 is 27.7 Å². The monoisotopic (exact) mass is 587 g/mol. The van der Waals surface area contributed by atoms with Crippen molar-refractivity contribution in [2.75, 3.05) is 5.75 Å². The van der Waals surface area contributed by atoms with Gasteiger partial charge in [0.15, 0.2) is 5.16 Å². The number of carbonyl (C=O) groups is 1. The Balaban J connectivity index is 1.35. The van der Waals surface area contributed by atoms with Crippen LogP contribution in [0.1, 0.15) is 24.3 Å². The predicted molar refractivity (Wildman–Crippen MR) is 138 cm³/mol. The maximum absolute atomic E-state index is 12.5. The molecule has 1 N–H and O–H groups in total. The number of nitrogens with zero attached hydrogens (tertiary/aromatic N) is 4. The van der Waals surface area contributed by atoms with Crippen molar-refractivity contribution in [3.63, 3.8) is 0 Å². The number of non-ortho nitro benzene ring substituents is 1. The Kier molecular flexibility index (Phi) is 6.53. The topological polar surface area (TPSA) is 137 Å². The highest BCUT2D eigenvalue weighted by Crippen LogP contribution is 2.44. The van der Waals surface area contributed by atoms with Gasteiger partial charge in [-0.05, 0) is 63.8 Å². The highest BCUT2D eigenvalue weighted by molar-refractivity contribution is 9.10. The Hall–Kier alpha value is -3.29. The van der Waals surface area contributed by atoms with Gasteiger partial charge >= 0.3 is 0 Å². The molecule has 0 saturated heterocycles. The van der Waals surface area contributed by atoms with Gasteiger partial charge in [-0.25, -0.2) is 13.1 Å². The summed E-state index contributed by atoms with van der Waals surface area (Å²) in [5, 5.41) is 21.6. The minimum atomic E-state index is -4.19. The van der Waals surface area contributed by atoms with Gasteiger partial charge < -0.3 is 0 Å². The van der Waals surface area contributed by atoms with Crippen molar-refractivity contribution in [1.82, 2.24) is 19.5 Å². The van der Waals surface area contributed by atoms with Crippen LogP contribution in [-0.4, -0.2) is 39.8 Å². The van der Waals surface area contributed by atoms with E-state index in [-0.39, 0.29) is 16.3 Å². The van der Waals surface area contributed by atoms with Gasteiger partial charge in [0.2, 0.25) is 10.6 Å². The molecule has 0 spiro atoms. The molecule has 13 heteroatoms. The summed E-state index contributed by atoms with van der Waals surface area (Å²) in [5.41, 5.74) is 1.90. The molecule has 1 aliphatic carbocycles. The van der Waals surface area contributed by atoms with Crippen molar-refractivity contribution in [2.24, 2.45) is 0 Å². The molecule has 1 aromatic heterocycles. The van der Waals surface area contributed by atoms with E-state index < -0.39 is 20.9 Å². The number of nitro benzene ring substituents is 1. The molecule has 1 fully saturated rings. The number of hydrogen-bond donors (Lipinski definition) is 1. The van der Waals surface area contributed by atoms with E-state index in [9.17, 15) is 23.3 Å².